The van der Waals surface area contributed by atoms with E-state index in [9.17, 15) is 19.2 Å². The highest BCUT2D eigenvalue weighted by molar-refractivity contribution is 5.88. The number of nitrogens with zero attached hydrogens (tertiary/aromatic N) is 5. The van der Waals surface area contributed by atoms with E-state index in [-0.39, 0.29) is 29.8 Å². The predicted octanol–water partition coefficient (Wildman–Crippen LogP) is 6.74. The zero-order valence-corrected chi connectivity index (χ0v) is 36.9. The average Bonchev–Trinajstić information content (AvgIpc) is 4.16. The number of aromatic nitrogens is 4. The van der Waals surface area contributed by atoms with Crippen molar-refractivity contribution in [2.75, 3.05) is 46.3 Å². The van der Waals surface area contributed by atoms with Gasteiger partial charge in [0, 0.05) is 44.0 Å². The lowest BCUT2D eigenvalue weighted by atomic mass is 9.96. The Balaban J connectivity index is 1.11. The van der Waals surface area contributed by atoms with E-state index in [0.717, 1.165) is 52.9 Å². The van der Waals surface area contributed by atoms with E-state index in [1.807, 2.05) is 63.2 Å². The zero-order chi connectivity index (χ0) is 45.3. The second kappa shape index (κ2) is 20.1. The van der Waals surface area contributed by atoms with Crippen LogP contribution < -0.4 is 15.5 Å². The van der Waals surface area contributed by atoms with E-state index in [2.05, 4.69) is 79.6 Å². The molecule has 4 heterocycles. The van der Waals surface area contributed by atoms with Crippen LogP contribution >= 0.6 is 0 Å². The standard InChI is InChI=1S/C49H53N9O6/c1-31(2)42(54-48(61)63-5)46(59)57-26-13-19-41(57)45-51-30-39(53-45)35-21-20-32(38(28-35)33-22-24-37(25-23-33)56(3)4)14-10-11-17-36-29-50-44(52-36)40-18-12-27-58(40)47(60)43(55-49(62)64-6)34-15-8-7-9-16-34/h7-9,15-16,20-25,28-31,40-43H,12-13,18-19,26-27H2,1-6H3,(H,50,52)(H,51,53)(H,54,61)(H,55,62)/t40?,41?,42-,43?/m0/s1. The molecule has 4 atom stereocenters. The van der Waals surface area contributed by atoms with Crippen molar-refractivity contribution in [3.05, 3.63) is 114 Å². The molecule has 2 fully saturated rings. The number of likely N-dealkylation sites (tertiary alicyclic amines) is 2. The van der Waals surface area contributed by atoms with Crippen molar-refractivity contribution in [2.45, 2.75) is 63.7 Å². The number of imidazole rings is 2. The molecule has 0 aliphatic carbocycles. The predicted molar refractivity (Wildman–Crippen MR) is 242 cm³/mol. The summed E-state index contributed by atoms with van der Waals surface area (Å²) in [5.74, 6) is 13.1. The molecule has 3 unspecified atom stereocenters. The summed E-state index contributed by atoms with van der Waals surface area (Å²) in [4.78, 5) is 73.6. The molecule has 3 aromatic carbocycles. The van der Waals surface area contributed by atoms with Gasteiger partial charge in [-0.2, -0.15) is 0 Å². The minimum Gasteiger partial charge on any atom is -0.453 e. The number of anilines is 1. The number of hydrogen-bond acceptors (Lipinski definition) is 9. The maximum Gasteiger partial charge on any atom is 0.407 e. The topological polar surface area (TPSA) is 178 Å². The van der Waals surface area contributed by atoms with Crippen LogP contribution in [0.3, 0.4) is 0 Å². The largest absolute Gasteiger partial charge is 0.453 e. The molecule has 2 saturated heterocycles. The van der Waals surface area contributed by atoms with E-state index in [0.29, 0.717) is 42.4 Å². The Morgan fingerprint density at radius 2 is 1.36 bits per heavy atom. The number of hydrogen-bond donors (Lipinski definition) is 4. The SMILES string of the molecule is COC(=O)NC(C(=O)N1CCCC1c1ncc(C#CC#Cc2ccc(-c3cnc(C4CCCN4C(=O)[C@@H](NC(=O)OC)C(C)C)[nH]3)cc2-c2ccc(N(C)C)cc2)[nH]1)c1ccccc1. The molecule has 330 valence electrons. The van der Waals surface area contributed by atoms with Gasteiger partial charge in [0.25, 0.3) is 5.91 Å². The van der Waals surface area contributed by atoms with Crippen molar-refractivity contribution in [3.8, 4) is 46.1 Å². The summed E-state index contributed by atoms with van der Waals surface area (Å²) in [5, 5.41) is 5.40. The van der Waals surface area contributed by atoms with Gasteiger partial charge in [-0.25, -0.2) is 19.6 Å². The van der Waals surface area contributed by atoms with Gasteiger partial charge < -0.3 is 44.8 Å². The summed E-state index contributed by atoms with van der Waals surface area (Å²) in [5.41, 5.74) is 6.62. The minimum absolute atomic E-state index is 0.137. The Morgan fingerprint density at radius 1 is 0.750 bits per heavy atom. The summed E-state index contributed by atoms with van der Waals surface area (Å²) in [6, 6.07) is 21.1. The van der Waals surface area contributed by atoms with Crippen molar-refractivity contribution in [1.82, 2.24) is 40.4 Å². The maximum absolute atomic E-state index is 13.9. The minimum atomic E-state index is -0.914. The van der Waals surface area contributed by atoms with Crippen molar-refractivity contribution in [1.29, 1.82) is 0 Å². The van der Waals surface area contributed by atoms with E-state index >= 15 is 0 Å². The number of methoxy groups -OCH3 is 2. The third-order valence-electron chi connectivity index (χ3n) is 11.6. The number of nitrogens with one attached hydrogen (secondary N) is 4. The number of rotatable bonds is 11. The Morgan fingerprint density at radius 3 is 2.02 bits per heavy atom. The molecule has 7 rings (SSSR count). The maximum atomic E-state index is 13.9. The molecule has 0 saturated carbocycles. The number of ether oxygens (including phenoxy) is 2. The van der Waals surface area contributed by atoms with Gasteiger partial charge >= 0.3 is 12.2 Å². The van der Waals surface area contributed by atoms with Gasteiger partial charge in [0.1, 0.15) is 29.4 Å². The number of benzene rings is 3. The van der Waals surface area contributed by atoms with Gasteiger partial charge in [-0.15, -0.1) is 0 Å². The number of H-pyrrole nitrogens is 2. The van der Waals surface area contributed by atoms with Crippen LogP contribution in [-0.2, 0) is 19.1 Å². The summed E-state index contributed by atoms with van der Waals surface area (Å²) < 4.78 is 9.61. The molecule has 4 amide bonds. The Hall–Kier alpha value is -7.52. The van der Waals surface area contributed by atoms with Crippen molar-refractivity contribution in [2.24, 2.45) is 5.92 Å². The van der Waals surface area contributed by atoms with Crippen LogP contribution in [-0.4, -0.2) is 101 Å². The fourth-order valence-electron chi connectivity index (χ4n) is 8.20. The average molecular weight is 864 g/mol. The van der Waals surface area contributed by atoms with E-state index in [4.69, 9.17) is 14.5 Å². The van der Waals surface area contributed by atoms with Gasteiger partial charge in [-0.1, -0.05) is 68.3 Å². The molecule has 2 aliphatic heterocycles. The molecule has 2 aliphatic rings. The molecule has 15 nitrogen and oxygen atoms in total. The van der Waals surface area contributed by atoms with Gasteiger partial charge in [-0.3, -0.25) is 9.59 Å². The smallest absolute Gasteiger partial charge is 0.407 e. The highest BCUT2D eigenvalue weighted by Gasteiger charge is 2.38. The quantitative estimate of drug-likeness (QED) is 0.105. The molecule has 2 aromatic heterocycles. The molecule has 0 bridgehead atoms. The van der Waals surface area contributed by atoms with Crippen LogP contribution in [0.5, 0.6) is 0 Å². The third-order valence-corrected chi connectivity index (χ3v) is 11.6. The first kappa shape index (κ1) is 44.5. The van der Waals surface area contributed by atoms with E-state index in [1.54, 1.807) is 34.3 Å². The lowest BCUT2D eigenvalue weighted by Gasteiger charge is -2.30. The monoisotopic (exact) mass is 863 g/mol. The van der Waals surface area contributed by atoms with Crippen LogP contribution in [0.25, 0.3) is 22.4 Å². The Kier molecular flexibility index (Phi) is 14.0. The van der Waals surface area contributed by atoms with Crippen molar-refractivity contribution >= 4 is 29.7 Å². The summed E-state index contributed by atoms with van der Waals surface area (Å²) in [6.07, 6.45) is 5.12. The summed E-state index contributed by atoms with van der Waals surface area (Å²) in [6.45, 7) is 4.86. The van der Waals surface area contributed by atoms with Crippen LogP contribution in [0, 0.1) is 29.6 Å². The fourth-order valence-corrected chi connectivity index (χ4v) is 8.20. The number of aromatic amines is 2. The van der Waals surface area contributed by atoms with Gasteiger partial charge in [0.2, 0.25) is 5.91 Å². The zero-order valence-electron chi connectivity index (χ0n) is 36.9. The highest BCUT2D eigenvalue weighted by Crippen LogP contribution is 2.36. The highest BCUT2D eigenvalue weighted by atomic mass is 16.5. The molecule has 0 radical (unpaired) electrons. The summed E-state index contributed by atoms with van der Waals surface area (Å²) in [7, 11) is 6.54. The first-order valence-electron chi connectivity index (χ1n) is 21.3. The van der Waals surface area contributed by atoms with Crippen molar-refractivity contribution in [3.63, 3.8) is 0 Å². The van der Waals surface area contributed by atoms with Gasteiger partial charge in [0.15, 0.2) is 0 Å². The third kappa shape index (κ3) is 10.1. The molecular formula is C49H53N9O6. The fraction of sp³-hybridized carbons (Fsp3) is 0.347. The van der Waals surface area contributed by atoms with Gasteiger partial charge in [0.05, 0.1) is 44.4 Å². The number of amides is 4. The second-order valence-electron chi connectivity index (χ2n) is 16.3. The van der Waals surface area contributed by atoms with Crippen LogP contribution in [0.4, 0.5) is 15.3 Å². The normalized spacial score (nSPS) is 16.5. The van der Waals surface area contributed by atoms with Crippen LogP contribution in [0.2, 0.25) is 0 Å². The number of carbonyl (C=O) groups excluding carboxylic acids is 4. The molecule has 15 heteroatoms. The Bertz CT molecular complexity index is 2600. The number of alkyl carbamates (subject to hydrolysis) is 2. The molecule has 4 N–H and O–H groups in total. The molecular weight excluding hydrogens is 811 g/mol. The second-order valence-corrected chi connectivity index (χ2v) is 16.3. The number of carbonyl (C=O) groups is 4. The molecule has 5 aromatic rings. The van der Waals surface area contributed by atoms with Crippen molar-refractivity contribution < 1.29 is 28.7 Å². The van der Waals surface area contributed by atoms with Gasteiger partial charge in [-0.05, 0) is 90.3 Å². The van der Waals surface area contributed by atoms with Crippen LogP contribution in [0.15, 0.2) is 85.2 Å². The first-order chi connectivity index (χ1) is 30.9. The van der Waals surface area contributed by atoms with Crippen LogP contribution in [0.1, 0.15) is 86.1 Å². The molecule has 64 heavy (non-hydrogen) atoms. The lowest BCUT2D eigenvalue weighted by molar-refractivity contribution is -0.135. The first-order valence-corrected chi connectivity index (χ1v) is 21.3. The lowest BCUT2D eigenvalue weighted by Crippen LogP contribution is -2.51. The molecule has 0 spiro atoms. The van der Waals surface area contributed by atoms with E-state index < -0.39 is 24.3 Å². The summed E-state index contributed by atoms with van der Waals surface area (Å²) >= 11 is 0. The Labute approximate surface area is 373 Å². The van der Waals surface area contributed by atoms with E-state index in [1.165, 1.54) is 14.2 Å².